The highest BCUT2D eigenvalue weighted by Gasteiger charge is 2.15. The number of benzene rings is 1. The molecule has 1 aliphatic carbocycles. The molecule has 0 saturated carbocycles. The van der Waals surface area contributed by atoms with E-state index in [2.05, 4.69) is 30.4 Å². The maximum absolute atomic E-state index is 5.96. The number of fused-ring (bicyclic) bond motifs is 3. The van der Waals surface area contributed by atoms with Crippen molar-refractivity contribution < 1.29 is 0 Å². The zero-order valence-corrected chi connectivity index (χ0v) is 7.20. The standard InChI is InChI=1S/C11H10N2/c12-13-10-6-2-1-4-8(10)9-5-3-7-11(9)13/h1-4,6-7H,5,12H2. The molecule has 0 spiro atoms. The van der Waals surface area contributed by atoms with Crippen LogP contribution in [-0.4, -0.2) is 4.68 Å². The molecule has 1 aliphatic rings. The second-order valence-corrected chi connectivity index (χ2v) is 3.36. The lowest BCUT2D eigenvalue weighted by Gasteiger charge is -1.97. The summed E-state index contributed by atoms with van der Waals surface area (Å²) in [6, 6.07) is 8.26. The molecule has 64 valence electrons. The first kappa shape index (κ1) is 6.78. The fraction of sp³-hybridized carbons (Fsp3) is 0.0909. The lowest BCUT2D eigenvalue weighted by atomic mass is 10.1. The number of nitrogens with two attached hydrogens (primary N) is 1. The maximum atomic E-state index is 5.96. The summed E-state index contributed by atoms with van der Waals surface area (Å²) >= 11 is 0. The zero-order valence-electron chi connectivity index (χ0n) is 7.20. The number of aromatic nitrogens is 1. The van der Waals surface area contributed by atoms with E-state index in [1.54, 1.807) is 4.68 Å². The molecule has 0 bridgehead atoms. The molecular weight excluding hydrogens is 160 g/mol. The van der Waals surface area contributed by atoms with E-state index in [0.29, 0.717) is 0 Å². The van der Waals surface area contributed by atoms with E-state index in [0.717, 1.165) is 17.6 Å². The summed E-state index contributed by atoms with van der Waals surface area (Å²) in [4.78, 5) is 0. The van der Waals surface area contributed by atoms with E-state index >= 15 is 0 Å². The number of rotatable bonds is 0. The van der Waals surface area contributed by atoms with Gasteiger partial charge in [-0.25, -0.2) is 0 Å². The van der Waals surface area contributed by atoms with Gasteiger partial charge in [0, 0.05) is 5.39 Å². The van der Waals surface area contributed by atoms with E-state index in [9.17, 15) is 0 Å². The number of hydrogen-bond donors (Lipinski definition) is 1. The Morgan fingerprint density at radius 3 is 3.00 bits per heavy atom. The Bertz CT molecular complexity index is 506. The molecule has 2 aromatic rings. The van der Waals surface area contributed by atoms with Crippen LogP contribution >= 0.6 is 0 Å². The molecule has 2 N–H and O–H groups in total. The van der Waals surface area contributed by atoms with Crippen molar-refractivity contribution in [1.29, 1.82) is 0 Å². The molecule has 0 amide bonds. The number of nitrogen functional groups attached to an aromatic ring is 1. The Morgan fingerprint density at radius 1 is 1.23 bits per heavy atom. The van der Waals surface area contributed by atoms with Gasteiger partial charge >= 0.3 is 0 Å². The SMILES string of the molecule is Nn1c2c(c3ccccc31)CC=C2. The first-order valence-electron chi connectivity index (χ1n) is 4.42. The molecule has 1 aromatic carbocycles. The highest BCUT2D eigenvalue weighted by Crippen LogP contribution is 2.29. The van der Waals surface area contributed by atoms with E-state index in [1.165, 1.54) is 10.9 Å². The van der Waals surface area contributed by atoms with Crippen LogP contribution in [0.25, 0.3) is 17.0 Å². The van der Waals surface area contributed by atoms with E-state index in [1.807, 2.05) is 6.07 Å². The molecule has 0 radical (unpaired) electrons. The van der Waals surface area contributed by atoms with Crippen molar-refractivity contribution in [2.45, 2.75) is 6.42 Å². The van der Waals surface area contributed by atoms with Crippen LogP contribution in [0.4, 0.5) is 0 Å². The highest BCUT2D eigenvalue weighted by molar-refractivity contribution is 5.89. The van der Waals surface area contributed by atoms with Crippen molar-refractivity contribution in [2.75, 3.05) is 5.84 Å². The van der Waals surface area contributed by atoms with Crippen molar-refractivity contribution in [3.8, 4) is 0 Å². The van der Waals surface area contributed by atoms with Gasteiger partial charge in [0.15, 0.2) is 0 Å². The normalized spacial score (nSPS) is 13.8. The third kappa shape index (κ3) is 0.724. The minimum absolute atomic E-state index is 1.01. The minimum Gasteiger partial charge on any atom is -0.339 e. The van der Waals surface area contributed by atoms with Crippen molar-refractivity contribution >= 4 is 17.0 Å². The highest BCUT2D eigenvalue weighted by atomic mass is 15.3. The summed E-state index contributed by atoms with van der Waals surface area (Å²) in [5.41, 5.74) is 3.64. The second kappa shape index (κ2) is 2.16. The van der Waals surface area contributed by atoms with Crippen LogP contribution in [0.3, 0.4) is 0 Å². The predicted molar refractivity (Wildman–Crippen MR) is 54.8 cm³/mol. The average Bonchev–Trinajstić information content (AvgIpc) is 2.72. The molecule has 3 rings (SSSR count). The summed E-state index contributed by atoms with van der Waals surface area (Å²) in [5, 5.41) is 1.28. The van der Waals surface area contributed by atoms with Gasteiger partial charge in [0.05, 0.1) is 11.2 Å². The Balaban J connectivity index is 2.54. The van der Waals surface area contributed by atoms with Crippen LogP contribution < -0.4 is 5.84 Å². The van der Waals surface area contributed by atoms with Gasteiger partial charge in [0.1, 0.15) is 0 Å². The third-order valence-electron chi connectivity index (χ3n) is 2.66. The van der Waals surface area contributed by atoms with Crippen molar-refractivity contribution in [3.05, 3.63) is 41.6 Å². The molecule has 0 unspecified atom stereocenters. The fourth-order valence-corrected chi connectivity index (χ4v) is 2.04. The number of hydrogen-bond acceptors (Lipinski definition) is 1. The first-order valence-corrected chi connectivity index (χ1v) is 4.42. The second-order valence-electron chi connectivity index (χ2n) is 3.36. The minimum atomic E-state index is 1.01. The monoisotopic (exact) mass is 170 g/mol. The van der Waals surface area contributed by atoms with E-state index < -0.39 is 0 Å². The average molecular weight is 170 g/mol. The van der Waals surface area contributed by atoms with Crippen LogP contribution in [0.15, 0.2) is 30.3 Å². The van der Waals surface area contributed by atoms with E-state index in [-0.39, 0.29) is 0 Å². The van der Waals surface area contributed by atoms with Gasteiger partial charge in [-0.3, -0.25) is 4.68 Å². The smallest absolute Gasteiger partial charge is 0.0700 e. The van der Waals surface area contributed by atoms with Crippen molar-refractivity contribution in [3.63, 3.8) is 0 Å². The van der Waals surface area contributed by atoms with Crippen LogP contribution in [-0.2, 0) is 6.42 Å². The molecule has 0 saturated heterocycles. The number of allylic oxidation sites excluding steroid dienone is 1. The third-order valence-corrected chi connectivity index (χ3v) is 2.66. The predicted octanol–water partition coefficient (Wildman–Crippen LogP) is 1.92. The van der Waals surface area contributed by atoms with Crippen LogP contribution in [0.5, 0.6) is 0 Å². The Morgan fingerprint density at radius 2 is 2.08 bits per heavy atom. The van der Waals surface area contributed by atoms with Crippen LogP contribution in [0, 0.1) is 0 Å². The van der Waals surface area contributed by atoms with E-state index in [4.69, 9.17) is 5.84 Å². The topological polar surface area (TPSA) is 30.9 Å². The van der Waals surface area contributed by atoms with Gasteiger partial charge in [-0.1, -0.05) is 24.3 Å². The summed E-state index contributed by atoms with van der Waals surface area (Å²) in [6.07, 6.45) is 5.26. The van der Waals surface area contributed by atoms with Gasteiger partial charge in [-0.05, 0) is 24.1 Å². The largest absolute Gasteiger partial charge is 0.339 e. The molecule has 0 fully saturated rings. The summed E-state index contributed by atoms with van der Waals surface area (Å²) < 4.78 is 1.77. The Kier molecular flexibility index (Phi) is 1.13. The molecular formula is C11H10N2. The van der Waals surface area contributed by atoms with Crippen molar-refractivity contribution in [1.82, 2.24) is 4.68 Å². The van der Waals surface area contributed by atoms with Gasteiger partial charge < -0.3 is 5.84 Å². The molecule has 13 heavy (non-hydrogen) atoms. The summed E-state index contributed by atoms with van der Waals surface area (Å²) in [5.74, 6) is 5.96. The van der Waals surface area contributed by atoms with Crippen LogP contribution in [0.2, 0.25) is 0 Å². The number of para-hydroxylation sites is 1. The molecule has 1 heterocycles. The van der Waals surface area contributed by atoms with Gasteiger partial charge in [-0.2, -0.15) is 0 Å². The van der Waals surface area contributed by atoms with Crippen molar-refractivity contribution in [2.24, 2.45) is 0 Å². The van der Waals surface area contributed by atoms with Crippen LogP contribution in [0.1, 0.15) is 11.3 Å². The lowest BCUT2D eigenvalue weighted by molar-refractivity contribution is 1.04. The zero-order chi connectivity index (χ0) is 8.84. The molecule has 0 aliphatic heterocycles. The Hall–Kier alpha value is -1.70. The quantitative estimate of drug-likeness (QED) is 0.602. The number of nitrogens with zero attached hydrogens (tertiary/aromatic N) is 1. The van der Waals surface area contributed by atoms with Gasteiger partial charge in [0.2, 0.25) is 0 Å². The molecule has 2 heteroatoms. The Labute approximate surface area is 76.2 Å². The molecule has 1 aromatic heterocycles. The van der Waals surface area contributed by atoms with Gasteiger partial charge in [-0.15, -0.1) is 0 Å². The lowest BCUT2D eigenvalue weighted by Crippen LogP contribution is -2.08. The molecule has 0 atom stereocenters. The summed E-state index contributed by atoms with van der Waals surface area (Å²) in [6.45, 7) is 0. The first-order chi connectivity index (χ1) is 6.38. The fourth-order valence-electron chi connectivity index (χ4n) is 2.04. The molecule has 2 nitrogen and oxygen atoms in total. The van der Waals surface area contributed by atoms with Gasteiger partial charge in [0.25, 0.3) is 0 Å². The maximum Gasteiger partial charge on any atom is 0.0700 e. The summed E-state index contributed by atoms with van der Waals surface area (Å²) in [7, 11) is 0.